The number of carbonyl (C=O) groups is 4. The molecule has 0 aliphatic carbocycles. The van der Waals surface area contributed by atoms with Gasteiger partial charge in [0.25, 0.3) is 0 Å². The molecule has 3 saturated heterocycles. The Kier molecular flexibility index (Phi) is 19.2. The number of likely N-dealkylation sites (tertiary alicyclic amines) is 2. The van der Waals surface area contributed by atoms with Crippen LogP contribution in [0.25, 0.3) is 21.7 Å². The van der Waals surface area contributed by atoms with Crippen LogP contribution >= 0.6 is 11.3 Å². The fraction of sp³-hybridized carbons (Fsp3) is 0.508. The third kappa shape index (κ3) is 15.1. The number of hydrogen-bond acceptors (Lipinski definition) is 14. The number of anilines is 2. The zero-order valence-electron chi connectivity index (χ0n) is 45.5. The van der Waals surface area contributed by atoms with E-state index in [0.29, 0.717) is 42.9 Å². The number of phenolic OH excluding ortho intramolecular Hbond substituents is 1. The number of para-hydroxylation sites is 1. The molecule has 5 heterocycles. The standard InChI is InChI=1S/C59H78N10O7S/c1-39(42-22-24-43(25-23-42)54-40(2)61-38-77-54)62-57(74)49-33-45(70)36-69(49)58(75)55(59(3,4)5)63-52(72)18-10-8-6-7-9-11-19-53(73)68-31-29-67(30-32-68)44-26-20-41(21-27-44)35-66-28-14-15-46(37-66)76-51-34-48(64-65-56(51)60)47-16-12-13-17-50(47)71/h12-13,16-17,20-27,34,38-39,45-46,49,55,70-71H,6-11,14-15,18-19,28-33,35-37H2,1-5H3,(H2,60,65)(H,62,74)(H,63,72). The lowest BCUT2D eigenvalue weighted by atomic mass is 9.85. The van der Waals surface area contributed by atoms with Gasteiger partial charge in [-0.05, 0) is 92.4 Å². The number of aryl methyl sites for hydroxylation is 1. The van der Waals surface area contributed by atoms with Crippen LogP contribution in [0.5, 0.6) is 11.5 Å². The highest BCUT2D eigenvalue weighted by atomic mass is 32.1. The maximum absolute atomic E-state index is 14.1. The first-order chi connectivity index (χ1) is 37.0. The zero-order valence-corrected chi connectivity index (χ0v) is 46.3. The molecule has 0 saturated carbocycles. The van der Waals surface area contributed by atoms with Gasteiger partial charge in [0.05, 0.1) is 28.2 Å². The highest BCUT2D eigenvalue weighted by Crippen LogP contribution is 2.33. The summed E-state index contributed by atoms with van der Waals surface area (Å²) in [6.07, 6.45) is 7.19. The smallest absolute Gasteiger partial charge is 0.246 e. The number of ether oxygens (including phenoxy) is 1. The van der Waals surface area contributed by atoms with Gasteiger partial charge < -0.3 is 46.0 Å². The van der Waals surface area contributed by atoms with Crippen molar-refractivity contribution in [2.45, 2.75) is 142 Å². The van der Waals surface area contributed by atoms with Crippen molar-refractivity contribution in [3.63, 3.8) is 0 Å². The number of benzene rings is 3. The quantitative estimate of drug-likeness (QED) is 0.0440. The molecule has 6 N–H and O–H groups in total. The Balaban J connectivity index is 0.692. The van der Waals surface area contributed by atoms with Gasteiger partial charge in [0.1, 0.15) is 29.6 Å². The lowest BCUT2D eigenvalue weighted by Gasteiger charge is -2.36. The molecule has 5 unspecified atom stereocenters. The third-order valence-corrected chi connectivity index (χ3v) is 16.1. The molecular formula is C59H78N10O7S. The van der Waals surface area contributed by atoms with Gasteiger partial charge in [-0.2, -0.15) is 0 Å². The number of aliphatic hydroxyl groups excluding tert-OH is 1. The van der Waals surface area contributed by atoms with Gasteiger partial charge in [0.15, 0.2) is 11.6 Å². The number of piperidine rings is 1. The lowest BCUT2D eigenvalue weighted by molar-refractivity contribution is -0.144. The summed E-state index contributed by atoms with van der Waals surface area (Å²) in [6, 6.07) is 23.4. The van der Waals surface area contributed by atoms with Crippen LogP contribution in [0.4, 0.5) is 11.5 Å². The van der Waals surface area contributed by atoms with Crippen LogP contribution in [-0.4, -0.2) is 134 Å². The molecule has 3 aromatic carbocycles. The van der Waals surface area contributed by atoms with E-state index < -0.39 is 23.6 Å². The zero-order chi connectivity index (χ0) is 54.6. The molecule has 3 aliphatic rings. The van der Waals surface area contributed by atoms with Gasteiger partial charge in [0, 0.05) is 82.4 Å². The summed E-state index contributed by atoms with van der Waals surface area (Å²) in [6.45, 7) is 15.1. The lowest BCUT2D eigenvalue weighted by Crippen LogP contribution is -2.57. The SMILES string of the molecule is Cc1ncsc1-c1ccc(C(C)NC(=O)C2CC(O)CN2C(=O)C(NC(=O)CCCCCCCCC(=O)N2CCN(c3ccc(CN4CCCC(Oc5cc(-c6ccccc6O)nnc5N)C4)cc3)CC2)C(C)(C)C)cc1. The third-order valence-electron chi connectivity index (χ3n) is 15.2. The van der Waals surface area contributed by atoms with Gasteiger partial charge in [-0.15, -0.1) is 21.5 Å². The second-order valence-corrected chi connectivity index (χ2v) is 23.0. The second-order valence-electron chi connectivity index (χ2n) is 22.2. The molecule has 3 aliphatic heterocycles. The Morgan fingerprint density at radius 3 is 2.25 bits per heavy atom. The van der Waals surface area contributed by atoms with Crippen LogP contribution in [-0.2, 0) is 25.7 Å². The number of piperazine rings is 1. The second kappa shape index (κ2) is 26.1. The Bertz CT molecular complexity index is 2780. The van der Waals surface area contributed by atoms with E-state index in [-0.39, 0.29) is 66.7 Å². The van der Waals surface area contributed by atoms with Crippen molar-refractivity contribution in [3.8, 4) is 33.2 Å². The highest BCUT2D eigenvalue weighted by molar-refractivity contribution is 7.13. The monoisotopic (exact) mass is 1070 g/mol. The number of aliphatic hydroxyl groups is 1. The number of β-amino-alcohol motifs (C(OH)–C–C–N with tert-alkyl or cyclic N) is 1. The van der Waals surface area contributed by atoms with E-state index in [1.807, 2.05) is 75.4 Å². The van der Waals surface area contributed by atoms with Crippen LogP contribution in [0.15, 0.2) is 84.4 Å². The van der Waals surface area contributed by atoms with Crippen molar-refractivity contribution < 1.29 is 34.1 Å². The molecule has 17 nitrogen and oxygen atoms in total. The molecule has 0 radical (unpaired) electrons. The van der Waals surface area contributed by atoms with Crippen LogP contribution in [0.3, 0.4) is 0 Å². The van der Waals surface area contributed by atoms with Gasteiger partial charge >= 0.3 is 0 Å². The normalized spacial score (nSPS) is 18.9. The number of amides is 4. The van der Waals surface area contributed by atoms with Crippen LogP contribution < -0.4 is 26.0 Å². The number of carbonyl (C=O) groups excluding carboxylic acids is 4. The number of nitrogens with one attached hydrogen (secondary N) is 2. The number of nitrogens with zero attached hydrogens (tertiary/aromatic N) is 7. The topological polar surface area (TPSA) is 220 Å². The molecule has 8 rings (SSSR count). The minimum absolute atomic E-state index is 0.0197. The molecule has 18 heteroatoms. The predicted octanol–water partition coefficient (Wildman–Crippen LogP) is 8.05. The van der Waals surface area contributed by atoms with Crippen LogP contribution in [0.1, 0.15) is 121 Å². The average molecular weight is 1070 g/mol. The van der Waals surface area contributed by atoms with Gasteiger partial charge in [-0.25, -0.2) is 4.98 Å². The van der Waals surface area contributed by atoms with Gasteiger partial charge in [-0.3, -0.25) is 24.1 Å². The van der Waals surface area contributed by atoms with E-state index >= 15 is 0 Å². The Morgan fingerprint density at radius 2 is 1.56 bits per heavy atom. The highest BCUT2D eigenvalue weighted by Gasteiger charge is 2.44. The molecule has 0 spiro atoms. The van der Waals surface area contributed by atoms with Gasteiger partial charge in [-0.1, -0.05) is 95.0 Å². The summed E-state index contributed by atoms with van der Waals surface area (Å²) >= 11 is 1.58. The fourth-order valence-electron chi connectivity index (χ4n) is 10.7. The minimum atomic E-state index is -0.871. The molecule has 4 amide bonds. The Hall–Kier alpha value is -6.63. The molecule has 5 aromatic rings. The average Bonchev–Trinajstić information content (AvgIpc) is 4.05. The van der Waals surface area contributed by atoms with E-state index in [1.54, 1.807) is 35.6 Å². The van der Waals surface area contributed by atoms with E-state index in [4.69, 9.17) is 10.5 Å². The van der Waals surface area contributed by atoms with Crippen LogP contribution in [0, 0.1) is 12.3 Å². The van der Waals surface area contributed by atoms with E-state index in [2.05, 4.69) is 59.9 Å². The summed E-state index contributed by atoms with van der Waals surface area (Å²) in [5.74, 6) is 0.0955. The first-order valence-corrected chi connectivity index (χ1v) is 28.4. The number of rotatable bonds is 21. The molecule has 77 heavy (non-hydrogen) atoms. The summed E-state index contributed by atoms with van der Waals surface area (Å²) in [4.78, 5) is 67.9. The predicted molar refractivity (Wildman–Crippen MR) is 301 cm³/mol. The first kappa shape index (κ1) is 56.6. The van der Waals surface area contributed by atoms with Gasteiger partial charge in [0.2, 0.25) is 23.6 Å². The fourth-order valence-corrected chi connectivity index (χ4v) is 11.5. The van der Waals surface area contributed by atoms with Crippen molar-refractivity contribution in [1.29, 1.82) is 0 Å². The molecule has 0 bridgehead atoms. The number of nitrogen functional groups attached to an aromatic ring is 1. The number of unbranched alkanes of at least 4 members (excludes halogenated alkanes) is 5. The summed E-state index contributed by atoms with van der Waals surface area (Å²) < 4.78 is 6.37. The van der Waals surface area contributed by atoms with E-state index in [0.717, 1.165) is 105 Å². The molecular weight excluding hydrogens is 993 g/mol. The number of phenols is 1. The molecule has 5 atom stereocenters. The minimum Gasteiger partial charge on any atom is -0.507 e. The number of hydrogen-bond donors (Lipinski definition) is 5. The maximum Gasteiger partial charge on any atom is 0.246 e. The molecule has 412 valence electrons. The largest absolute Gasteiger partial charge is 0.507 e. The summed E-state index contributed by atoms with van der Waals surface area (Å²) in [5, 5.41) is 35.3. The number of thiazole rings is 1. The first-order valence-electron chi connectivity index (χ1n) is 27.5. The van der Waals surface area contributed by atoms with Crippen molar-refractivity contribution in [3.05, 3.63) is 101 Å². The van der Waals surface area contributed by atoms with Crippen molar-refractivity contribution >= 4 is 46.5 Å². The molecule has 2 aromatic heterocycles. The van der Waals surface area contributed by atoms with E-state index in [9.17, 15) is 29.4 Å². The van der Waals surface area contributed by atoms with Crippen molar-refractivity contribution in [2.75, 3.05) is 56.4 Å². The number of aromatic nitrogens is 3. The van der Waals surface area contributed by atoms with Crippen molar-refractivity contribution in [2.24, 2.45) is 5.41 Å². The Labute approximate surface area is 457 Å². The van der Waals surface area contributed by atoms with Crippen LogP contribution in [0.2, 0.25) is 0 Å². The summed E-state index contributed by atoms with van der Waals surface area (Å²) in [7, 11) is 0. The van der Waals surface area contributed by atoms with E-state index in [1.165, 1.54) is 10.5 Å². The Morgan fingerprint density at radius 1 is 0.857 bits per heavy atom. The van der Waals surface area contributed by atoms with Crippen molar-refractivity contribution in [1.82, 2.24) is 40.5 Å². The number of nitrogens with two attached hydrogens (primary N) is 1. The summed E-state index contributed by atoms with van der Waals surface area (Å²) in [5.41, 5.74) is 13.8. The number of aromatic hydroxyl groups is 1. The maximum atomic E-state index is 14.1. The molecule has 3 fully saturated rings.